The summed E-state index contributed by atoms with van der Waals surface area (Å²) in [5.41, 5.74) is 3.86. The van der Waals surface area contributed by atoms with Gasteiger partial charge in [-0.2, -0.15) is 0 Å². The van der Waals surface area contributed by atoms with Crippen LogP contribution in [0, 0.1) is 0 Å². The van der Waals surface area contributed by atoms with Gasteiger partial charge in [-0.25, -0.2) is 4.79 Å². The molecule has 6 heteroatoms. The van der Waals surface area contributed by atoms with E-state index in [2.05, 4.69) is 5.32 Å². The predicted octanol–water partition coefficient (Wildman–Crippen LogP) is 4.95. The first kappa shape index (κ1) is 19.4. The van der Waals surface area contributed by atoms with E-state index in [-0.39, 0.29) is 6.61 Å². The summed E-state index contributed by atoms with van der Waals surface area (Å²) in [6.07, 6.45) is 4.86. The Labute approximate surface area is 174 Å². The van der Waals surface area contributed by atoms with E-state index in [1.807, 2.05) is 24.3 Å². The van der Waals surface area contributed by atoms with E-state index >= 15 is 0 Å². The number of fused-ring (bicyclic) bond motifs is 2. The molecule has 1 heterocycles. The molecule has 29 heavy (non-hydrogen) atoms. The maximum Gasteiger partial charge on any atom is 0.339 e. The molecular weight excluding hydrogens is 388 g/mol. The van der Waals surface area contributed by atoms with Crippen LogP contribution in [0.2, 0.25) is 5.02 Å². The number of nitrogens with zero attached hydrogens (tertiary/aromatic N) is 1. The monoisotopic (exact) mass is 408 g/mol. The van der Waals surface area contributed by atoms with E-state index in [9.17, 15) is 9.59 Å². The number of pyridine rings is 1. The standard InChI is InChI=1S/C23H21ClN2O3/c24-15-10-12-16(13-11-15)25-21(27)14-29-23(28)22-17-6-2-1-3-8-19(17)26-20-9-5-4-7-18(20)22/h4-5,7,9-13H,1-3,6,8,14H2,(H,25,27). The van der Waals surface area contributed by atoms with Crippen LogP contribution in [0.4, 0.5) is 5.69 Å². The summed E-state index contributed by atoms with van der Waals surface area (Å²) in [5.74, 6) is -0.877. The van der Waals surface area contributed by atoms with Crippen molar-refractivity contribution in [3.05, 3.63) is 70.4 Å². The molecule has 0 unspecified atom stereocenters. The van der Waals surface area contributed by atoms with Crippen LogP contribution in [-0.2, 0) is 22.4 Å². The summed E-state index contributed by atoms with van der Waals surface area (Å²) in [7, 11) is 0. The topological polar surface area (TPSA) is 68.3 Å². The fraction of sp³-hybridized carbons (Fsp3) is 0.261. The second-order valence-electron chi connectivity index (χ2n) is 7.12. The van der Waals surface area contributed by atoms with Gasteiger partial charge in [0, 0.05) is 21.8 Å². The van der Waals surface area contributed by atoms with Crippen LogP contribution in [0.15, 0.2) is 48.5 Å². The van der Waals surface area contributed by atoms with Crippen molar-refractivity contribution in [2.24, 2.45) is 0 Å². The van der Waals surface area contributed by atoms with Crippen LogP contribution >= 0.6 is 11.6 Å². The number of aryl methyl sites for hydroxylation is 1. The van der Waals surface area contributed by atoms with E-state index in [4.69, 9.17) is 21.3 Å². The molecule has 0 bridgehead atoms. The molecule has 148 valence electrons. The molecule has 0 spiro atoms. The maximum absolute atomic E-state index is 13.0. The zero-order valence-electron chi connectivity index (χ0n) is 15.9. The molecule has 0 saturated heterocycles. The summed E-state index contributed by atoms with van der Waals surface area (Å²) >= 11 is 5.85. The van der Waals surface area contributed by atoms with E-state index in [1.54, 1.807) is 24.3 Å². The van der Waals surface area contributed by atoms with Gasteiger partial charge < -0.3 is 10.1 Å². The van der Waals surface area contributed by atoms with Crippen LogP contribution in [-0.4, -0.2) is 23.5 Å². The van der Waals surface area contributed by atoms with E-state index in [0.29, 0.717) is 16.3 Å². The van der Waals surface area contributed by atoms with Gasteiger partial charge in [-0.15, -0.1) is 0 Å². The minimum atomic E-state index is -0.479. The highest BCUT2D eigenvalue weighted by molar-refractivity contribution is 6.30. The third kappa shape index (κ3) is 4.40. The number of halogens is 1. The minimum absolute atomic E-state index is 0.354. The Morgan fingerprint density at radius 1 is 1.00 bits per heavy atom. The SMILES string of the molecule is O=C(COC(=O)c1c2c(nc3ccccc13)CCCCC2)Nc1ccc(Cl)cc1. The number of anilines is 1. The van der Waals surface area contributed by atoms with Gasteiger partial charge in [0.2, 0.25) is 0 Å². The van der Waals surface area contributed by atoms with Gasteiger partial charge in [0.1, 0.15) is 0 Å². The number of nitrogens with one attached hydrogen (secondary N) is 1. The van der Waals surface area contributed by atoms with Crippen molar-refractivity contribution < 1.29 is 14.3 Å². The van der Waals surface area contributed by atoms with Gasteiger partial charge in [0.25, 0.3) is 5.91 Å². The van der Waals surface area contributed by atoms with Crippen molar-refractivity contribution in [3.63, 3.8) is 0 Å². The van der Waals surface area contributed by atoms with Crippen LogP contribution < -0.4 is 5.32 Å². The van der Waals surface area contributed by atoms with Crippen molar-refractivity contribution in [2.75, 3.05) is 11.9 Å². The van der Waals surface area contributed by atoms with Gasteiger partial charge >= 0.3 is 5.97 Å². The predicted molar refractivity (Wildman–Crippen MR) is 113 cm³/mol. The van der Waals surface area contributed by atoms with Crippen molar-refractivity contribution >= 4 is 40.1 Å². The van der Waals surface area contributed by atoms with Gasteiger partial charge in [-0.1, -0.05) is 36.2 Å². The Balaban J connectivity index is 1.55. The fourth-order valence-corrected chi connectivity index (χ4v) is 3.84. The summed E-state index contributed by atoms with van der Waals surface area (Å²) in [5, 5.41) is 4.06. The molecule has 0 fully saturated rings. The Kier molecular flexibility index (Phi) is 5.76. The molecule has 1 aromatic heterocycles. The number of hydrogen-bond donors (Lipinski definition) is 1. The number of benzene rings is 2. The minimum Gasteiger partial charge on any atom is -0.452 e. The lowest BCUT2D eigenvalue weighted by Gasteiger charge is -2.15. The summed E-state index contributed by atoms with van der Waals surface area (Å²) < 4.78 is 5.40. The molecule has 1 amide bonds. The lowest BCUT2D eigenvalue weighted by molar-refractivity contribution is -0.119. The van der Waals surface area contributed by atoms with E-state index < -0.39 is 11.9 Å². The Morgan fingerprint density at radius 3 is 2.59 bits per heavy atom. The van der Waals surface area contributed by atoms with Crippen molar-refractivity contribution in [1.29, 1.82) is 0 Å². The first-order chi connectivity index (χ1) is 14.1. The molecular formula is C23H21ClN2O3. The number of aromatic nitrogens is 1. The van der Waals surface area contributed by atoms with Crippen LogP contribution in [0.3, 0.4) is 0 Å². The molecule has 5 nitrogen and oxygen atoms in total. The normalized spacial score (nSPS) is 13.4. The number of amides is 1. The zero-order chi connectivity index (χ0) is 20.2. The molecule has 2 aromatic carbocycles. The lowest BCUT2D eigenvalue weighted by atomic mass is 9.97. The molecule has 0 saturated carbocycles. The quantitative estimate of drug-likeness (QED) is 0.489. The largest absolute Gasteiger partial charge is 0.452 e. The smallest absolute Gasteiger partial charge is 0.339 e. The van der Waals surface area contributed by atoms with Gasteiger partial charge in [-0.05, 0) is 61.6 Å². The molecule has 1 aliphatic rings. The fourth-order valence-electron chi connectivity index (χ4n) is 3.72. The summed E-state index contributed by atoms with van der Waals surface area (Å²) in [4.78, 5) is 30.0. The number of rotatable bonds is 4. The van der Waals surface area contributed by atoms with Crippen LogP contribution in [0.5, 0.6) is 0 Å². The van der Waals surface area contributed by atoms with Crippen molar-refractivity contribution in [1.82, 2.24) is 4.98 Å². The molecule has 1 N–H and O–H groups in total. The average Bonchev–Trinajstić information content (AvgIpc) is 2.97. The molecule has 3 aromatic rings. The van der Waals surface area contributed by atoms with Gasteiger partial charge in [-0.3, -0.25) is 9.78 Å². The Hall–Kier alpha value is -2.92. The third-order valence-electron chi connectivity index (χ3n) is 5.09. The van der Waals surface area contributed by atoms with E-state index in [1.165, 1.54) is 0 Å². The summed E-state index contributed by atoms with van der Waals surface area (Å²) in [6, 6.07) is 14.3. The third-order valence-corrected chi connectivity index (χ3v) is 5.34. The number of hydrogen-bond acceptors (Lipinski definition) is 4. The molecule has 0 atom stereocenters. The first-order valence-electron chi connectivity index (χ1n) is 9.75. The number of ether oxygens (including phenoxy) is 1. The lowest BCUT2D eigenvalue weighted by Crippen LogP contribution is -2.22. The Morgan fingerprint density at radius 2 is 1.76 bits per heavy atom. The van der Waals surface area contributed by atoms with Crippen LogP contribution in [0.25, 0.3) is 10.9 Å². The zero-order valence-corrected chi connectivity index (χ0v) is 16.7. The second kappa shape index (κ2) is 8.62. The maximum atomic E-state index is 13.0. The molecule has 1 aliphatic carbocycles. The average molecular weight is 409 g/mol. The molecule has 0 radical (unpaired) electrons. The van der Waals surface area contributed by atoms with Crippen LogP contribution in [0.1, 0.15) is 40.9 Å². The van der Waals surface area contributed by atoms with E-state index in [0.717, 1.165) is 54.3 Å². The highest BCUT2D eigenvalue weighted by Crippen LogP contribution is 2.29. The molecule has 0 aliphatic heterocycles. The van der Waals surface area contributed by atoms with Gasteiger partial charge in [0.15, 0.2) is 6.61 Å². The first-order valence-corrected chi connectivity index (χ1v) is 10.1. The molecule has 4 rings (SSSR count). The number of carbonyl (C=O) groups is 2. The van der Waals surface area contributed by atoms with Crippen molar-refractivity contribution in [2.45, 2.75) is 32.1 Å². The highest BCUT2D eigenvalue weighted by atomic mass is 35.5. The number of carbonyl (C=O) groups excluding carboxylic acids is 2. The second-order valence-corrected chi connectivity index (χ2v) is 7.56. The highest BCUT2D eigenvalue weighted by Gasteiger charge is 2.23. The number of para-hydroxylation sites is 1. The van der Waals surface area contributed by atoms with Crippen molar-refractivity contribution in [3.8, 4) is 0 Å². The Bertz CT molecular complexity index is 1060. The summed E-state index contributed by atoms with van der Waals surface area (Å²) in [6.45, 7) is -0.354. The number of esters is 1. The van der Waals surface area contributed by atoms with Gasteiger partial charge in [0.05, 0.1) is 11.1 Å².